The number of hydrogen-bond acceptors (Lipinski definition) is 4. The first kappa shape index (κ1) is 13.2. The van der Waals surface area contributed by atoms with Gasteiger partial charge in [0.2, 0.25) is 0 Å². The van der Waals surface area contributed by atoms with E-state index in [0.717, 1.165) is 5.01 Å². The number of rotatable bonds is 4. The Morgan fingerprint density at radius 1 is 1.56 bits per heavy atom. The van der Waals surface area contributed by atoms with Crippen LogP contribution in [0, 0.1) is 5.82 Å². The number of carbonyl (C=O) groups excluding carboxylic acids is 1. The zero-order valence-corrected chi connectivity index (χ0v) is 11.8. The standard InChI is InChI=1S/C12H9BrFNO2S/c1-7(16)9-4-8(13)5-10(14)12(9)17-6-11-15-2-3-18-11/h2-5H,6H2,1H3. The third-order valence-corrected chi connectivity index (χ3v) is 3.42. The Morgan fingerprint density at radius 2 is 2.33 bits per heavy atom. The quantitative estimate of drug-likeness (QED) is 0.800. The summed E-state index contributed by atoms with van der Waals surface area (Å²) in [7, 11) is 0. The van der Waals surface area contributed by atoms with Crippen molar-refractivity contribution in [3.05, 3.63) is 44.6 Å². The van der Waals surface area contributed by atoms with Gasteiger partial charge in [-0.2, -0.15) is 0 Å². The molecule has 0 atom stereocenters. The van der Waals surface area contributed by atoms with E-state index in [9.17, 15) is 9.18 Å². The summed E-state index contributed by atoms with van der Waals surface area (Å²) in [6, 6.07) is 2.81. The number of ketones is 1. The van der Waals surface area contributed by atoms with Crippen LogP contribution in [0.3, 0.4) is 0 Å². The van der Waals surface area contributed by atoms with E-state index in [4.69, 9.17) is 4.74 Å². The highest BCUT2D eigenvalue weighted by atomic mass is 79.9. The summed E-state index contributed by atoms with van der Waals surface area (Å²) in [6.07, 6.45) is 1.65. The van der Waals surface area contributed by atoms with Crippen LogP contribution in [0.4, 0.5) is 4.39 Å². The maximum atomic E-state index is 13.8. The van der Waals surface area contributed by atoms with E-state index in [2.05, 4.69) is 20.9 Å². The van der Waals surface area contributed by atoms with Crippen LogP contribution in [-0.2, 0) is 6.61 Å². The van der Waals surface area contributed by atoms with Crippen LogP contribution in [0.5, 0.6) is 5.75 Å². The fourth-order valence-corrected chi connectivity index (χ4v) is 2.38. The molecule has 0 saturated heterocycles. The molecule has 1 heterocycles. The average molecular weight is 330 g/mol. The fourth-order valence-electron chi connectivity index (χ4n) is 1.43. The predicted octanol–water partition coefficient (Wildman–Crippen LogP) is 3.83. The lowest BCUT2D eigenvalue weighted by Gasteiger charge is -2.10. The number of benzene rings is 1. The van der Waals surface area contributed by atoms with Crippen molar-refractivity contribution in [1.82, 2.24) is 4.98 Å². The van der Waals surface area contributed by atoms with Crippen LogP contribution in [0.2, 0.25) is 0 Å². The van der Waals surface area contributed by atoms with Crippen molar-refractivity contribution >= 4 is 33.0 Å². The molecule has 0 fully saturated rings. The van der Waals surface area contributed by atoms with Gasteiger partial charge >= 0.3 is 0 Å². The Bertz CT molecular complexity index is 572. The smallest absolute Gasteiger partial charge is 0.166 e. The highest BCUT2D eigenvalue weighted by Gasteiger charge is 2.15. The van der Waals surface area contributed by atoms with Crippen LogP contribution >= 0.6 is 27.3 Å². The van der Waals surface area contributed by atoms with Gasteiger partial charge in [0.05, 0.1) is 5.56 Å². The molecule has 0 amide bonds. The summed E-state index contributed by atoms with van der Waals surface area (Å²) in [4.78, 5) is 15.5. The molecule has 2 rings (SSSR count). The number of thiazole rings is 1. The summed E-state index contributed by atoms with van der Waals surface area (Å²) in [5.74, 6) is -0.837. The van der Waals surface area contributed by atoms with Gasteiger partial charge in [-0.05, 0) is 19.1 Å². The molecule has 3 nitrogen and oxygen atoms in total. The van der Waals surface area contributed by atoms with Crippen molar-refractivity contribution in [2.75, 3.05) is 0 Å². The molecule has 94 valence electrons. The number of nitrogens with zero attached hydrogens (tertiary/aromatic N) is 1. The van der Waals surface area contributed by atoms with Crippen molar-refractivity contribution in [1.29, 1.82) is 0 Å². The SMILES string of the molecule is CC(=O)c1cc(Br)cc(F)c1OCc1nccs1. The predicted molar refractivity (Wildman–Crippen MR) is 70.6 cm³/mol. The van der Waals surface area contributed by atoms with Crippen molar-refractivity contribution in [2.24, 2.45) is 0 Å². The van der Waals surface area contributed by atoms with E-state index in [1.807, 2.05) is 5.38 Å². The molecule has 6 heteroatoms. The lowest BCUT2D eigenvalue weighted by atomic mass is 10.1. The zero-order chi connectivity index (χ0) is 13.1. The topological polar surface area (TPSA) is 39.2 Å². The minimum Gasteiger partial charge on any atom is -0.483 e. The molecule has 0 saturated carbocycles. The van der Waals surface area contributed by atoms with Crippen molar-refractivity contribution in [3.8, 4) is 5.75 Å². The van der Waals surface area contributed by atoms with Crippen molar-refractivity contribution < 1.29 is 13.9 Å². The summed E-state index contributed by atoms with van der Waals surface area (Å²) in [6.45, 7) is 1.52. The average Bonchev–Trinajstić information content (AvgIpc) is 2.79. The molecule has 0 aliphatic rings. The Kier molecular flexibility index (Phi) is 4.08. The Balaban J connectivity index is 2.28. The summed E-state index contributed by atoms with van der Waals surface area (Å²) < 4.78 is 19.6. The fraction of sp³-hybridized carbons (Fsp3) is 0.167. The Labute approximate surface area is 116 Å². The minimum absolute atomic E-state index is 0.0269. The number of hydrogen-bond donors (Lipinski definition) is 0. The third-order valence-electron chi connectivity index (χ3n) is 2.21. The van der Waals surface area contributed by atoms with Gasteiger partial charge in [-0.25, -0.2) is 9.37 Å². The summed E-state index contributed by atoms with van der Waals surface area (Å²) >= 11 is 4.56. The van der Waals surface area contributed by atoms with E-state index in [1.54, 1.807) is 12.3 Å². The molecule has 2 aromatic rings. The van der Waals surface area contributed by atoms with Gasteiger partial charge < -0.3 is 4.74 Å². The largest absolute Gasteiger partial charge is 0.483 e. The maximum absolute atomic E-state index is 13.8. The zero-order valence-electron chi connectivity index (χ0n) is 9.44. The molecule has 0 aliphatic heterocycles. The van der Waals surface area contributed by atoms with Crippen molar-refractivity contribution in [3.63, 3.8) is 0 Å². The molecule has 0 bridgehead atoms. The normalized spacial score (nSPS) is 10.4. The van der Waals surface area contributed by atoms with Crippen LogP contribution in [0.1, 0.15) is 22.3 Å². The summed E-state index contributed by atoms with van der Waals surface area (Å²) in [5, 5.41) is 2.54. The Morgan fingerprint density at radius 3 is 2.94 bits per heavy atom. The number of Topliss-reactive ketones (excluding diaryl/α,β-unsaturated/α-hetero) is 1. The molecule has 0 spiro atoms. The third kappa shape index (κ3) is 2.94. The second-order valence-electron chi connectivity index (χ2n) is 3.54. The summed E-state index contributed by atoms with van der Waals surface area (Å²) in [5.41, 5.74) is 0.221. The highest BCUT2D eigenvalue weighted by molar-refractivity contribution is 9.10. The van der Waals surface area contributed by atoms with Gasteiger partial charge in [0.15, 0.2) is 17.3 Å². The lowest BCUT2D eigenvalue weighted by molar-refractivity contribution is 0.101. The first-order valence-corrected chi connectivity index (χ1v) is 6.76. The number of halogens is 2. The van der Waals surface area contributed by atoms with Crippen LogP contribution in [-0.4, -0.2) is 10.8 Å². The van der Waals surface area contributed by atoms with Gasteiger partial charge in [-0.15, -0.1) is 11.3 Å². The van der Waals surface area contributed by atoms with Crippen LogP contribution in [0.25, 0.3) is 0 Å². The van der Waals surface area contributed by atoms with Gasteiger partial charge in [0, 0.05) is 16.0 Å². The molecule has 0 aliphatic carbocycles. The highest BCUT2D eigenvalue weighted by Crippen LogP contribution is 2.28. The Hall–Kier alpha value is -1.27. The second kappa shape index (κ2) is 5.58. The molecular formula is C12H9BrFNO2S. The second-order valence-corrected chi connectivity index (χ2v) is 5.43. The molecule has 1 aromatic carbocycles. The molecule has 0 N–H and O–H groups in total. The van der Waals surface area contributed by atoms with Crippen LogP contribution in [0.15, 0.2) is 28.2 Å². The lowest BCUT2D eigenvalue weighted by Crippen LogP contribution is -2.04. The molecule has 0 unspecified atom stereocenters. The molecule has 1 aromatic heterocycles. The maximum Gasteiger partial charge on any atom is 0.166 e. The van der Waals surface area contributed by atoms with E-state index in [0.29, 0.717) is 4.47 Å². The van der Waals surface area contributed by atoms with Crippen LogP contribution < -0.4 is 4.74 Å². The first-order valence-electron chi connectivity index (χ1n) is 5.09. The van der Waals surface area contributed by atoms with Gasteiger partial charge in [0.1, 0.15) is 11.6 Å². The number of ether oxygens (including phenoxy) is 1. The van der Waals surface area contributed by atoms with E-state index >= 15 is 0 Å². The van der Waals surface area contributed by atoms with Crippen molar-refractivity contribution in [2.45, 2.75) is 13.5 Å². The van der Waals surface area contributed by atoms with E-state index in [-0.39, 0.29) is 23.7 Å². The number of carbonyl (C=O) groups is 1. The van der Waals surface area contributed by atoms with Gasteiger partial charge in [-0.3, -0.25) is 4.79 Å². The molecular weight excluding hydrogens is 321 g/mol. The molecule has 0 radical (unpaired) electrons. The minimum atomic E-state index is -0.564. The van der Waals surface area contributed by atoms with Gasteiger partial charge in [0.25, 0.3) is 0 Å². The first-order chi connectivity index (χ1) is 8.58. The molecule has 18 heavy (non-hydrogen) atoms. The van der Waals surface area contributed by atoms with E-state index < -0.39 is 5.82 Å². The monoisotopic (exact) mass is 329 g/mol. The van der Waals surface area contributed by atoms with E-state index in [1.165, 1.54) is 24.3 Å². The van der Waals surface area contributed by atoms with Gasteiger partial charge in [-0.1, -0.05) is 15.9 Å². The number of aromatic nitrogens is 1.